The highest BCUT2D eigenvalue weighted by Crippen LogP contribution is 2.61. The molecule has 1 aliphatic carbocycles. The molecule has 0 amide bonds. The number of hydrogen-bond donors (Lipinski definition) is 0. The second-order valence-corrected chi connectivity index (χ2v) is 4.75. The predicted octanol–water partition coefficient (Wildman–Crippen LogP) is 1.60. The summed E-state index contributed by atoms with van der Waals surface area (Å²) in [5.41, 5.74) is 0.645. The summed E-state index contributed by atoms with van der Waals surface area (Å²) < 4.78 is 0. The number of fused-ring (bicyclic) bond motifs is 1. The SMILES string of the molecule is C#CCCN1CC2C(C1)C2(C)C. The van der Waals surface area contributed by atoms with Crippen LogP contribution in [-0.2, 0) is 0 Å². The van der Waals surface area contributed by atoms with Crippen molar-refractivity contribution in [2.75, 3.05) is 19.6 Å². The van der Waals surface area contributed by atoms with Gasteiger partial charge in [-0.1, -0.05) is 13.8 Å². The van der Waals surface area contributed by atoms with Gasteiger partial charge in [0.1, 0.15) is 0 Å². The van der Waals surface area contributed by atoms with Gasteiger partial charge in [-0.05, 0) is 17.3 Å². The number of hydrogen-bond acceptors (Lipinski definition) is 1. The predicted molar refractivity (Wildman–Crippen MR) is 50.7 cm³/mol. The Morgan fingerprint density at radius 2 is 2.00 bits per heavy atom. The smallest absolute Gasteiger partial charge is 0.0214 e. The van der Waals surface area contributed by atoms with Gasteiger partial charge >= 0.3 is 0 Å². The first-order valence-corrected chi connectivity index (χ1v) is 4.82. The molecule has 0 aromatic carbocycles. The number of nitrogens with zero attached hydrogens (tertiary/aromatic N) is 1. The number of piperidine rings is 1. The molecule has 12 heavy (non-hydrogen) atoms. The third-order valence-electron chi connectivity index (χ3n) is 3.77. The van der Waals surface area contributed by atoms with Crippen LogP contribution in [0.25, 0.3) is 0 Å². The fourth-order valence-corrected chi connectivity index (χ4v) is 2.62. The van der Waals surface area contributed by atoms with Crippen LogP contribution < -0.4 is 0 Å². The molecule has 0 aromatic heterocycles. The molecule has 0 aromatic rings. The van der Waals surface area contributed by atoms with Crippen molar-refractivity contribution in [2.45, 2.75) is 20.3 Å². The Balaban J connectivity index is 1.79. The molecule has 2 unspecified atom stereocenters. The fourth-order valence-electron chi connectivity index (χ4n) is 2.62. The van der Waals surface area contributed by atoms with E-state index in [-0.39, 0.29) is 0 Å². The van der Waals surface area contributed by atoms with E-state index in [9.17, 15) is 0 Å². The van der Waals surface area contributed by atoms with Crippen molar-refractivity contribution in [3.8, 4) is 12.3 Å². The minimum Gasteiger partial charge on any atom is -0.302 e. The van der Waals surface area contributed by atoms with Crippen molar-refractivity contribution in [1.29, 1.82) is 0 Å². The van der Waals surface area contributed by atoms with Gasteiger partial charge in [-0.2, -0.15) is 0 Å². The van der Waals surface area contributed by atoms with Crippen molar-refractivity contribution in [3.63, 3.8) is 0 Å². The normalized spacial score (nSPS) is 37.4. The molecule has 2 fully saturated rings. The highest BCUT2D eigenvalue weighted by Gasteiger charge is 2.61. The zero-order valence-electron chi connectivity index (χ0n) is 8.01. The van der Waals surface area contributed by atoms with Gasteiger partial charge in [0.2, 0.25) is 0 Å². The van der Waals surface area contributed by atoms with E-state index < -0.39 is 0 Å². The summed E-state index contributed by atoms with van der Waals surface area (Å²) in [6, 6.07) is 0. The maximum absolute atomic E-state index is 5.23. The largest absolute Gasteiger partial charge is 0.302 e. The second kappa shape index (κ2) is 2.50. The summed E-state index contributed by atoms with van der Waals surface area (Å²) in [7, 11) is 0. The monoisotopic (exact) mass is 163 g/mol. The van der Waals surface area contributed by atoms with E-state index in [0.717, 1.165) is 24.8 Å². The van der Waals surface area contributed by atoms with E-state index in [1.165, 1.54) is 13.1 Å². The van der Waals surface area contributed by atoms with Crippen LogP contribution in [0.1, 0.15) is 20.3 Å². The van der Waals surface area contributed by atoms with Crippen LogP contribution in [0.4, 0.5) is 0 Å². The Morgan fingerprint density at radius 3 is 2.50 bits per heavy atom. The summed E-state index contributed by atoms with van der Waals surface area (Å²) in [4.78, 5) is 2.51. The Morgan fingerprint density at radius 1 is 1.42 bits per heavy atom. The van der Waals surface area contributed by atoms with Crippen LogP contribution in [0, 0.1) is 29.6 Å². The van der Waals surface area contributed by atoms with E-state index in [4.69, 9.17) is 6.42 Å². The van der Waals surface area contributed by atoms with Gasteiger partial charge in [-0.15, -0.1) is 12.3 Å². The number of terminal acetylenes is 1. The van der Waals surface area contributed by atoms with E-state index >= 15 is 0 Å². The molecule has 1 saturated heterocycles. The van der Waals surface area contributed by atoms with Gasteiger partial charge in [-0.3, -0.25) is 0 Å². The first kappa shape index (κ1) is 8.13. The summed E-state index contributed by atoms with van der Waals surface area (Å²) in [6.45, 7) is 8.47. The lowest BCUT2D eigenvalue weighted by molar-refractivity contribution is 0.264. The van der Waals surface area contributed by atoms with E-state index in [2.05, 4.69) is 24.7 Å². The molecule has 0 bridgehead atoms. The zero-order valence-corrected chi connectivity index (χ0v) is 8.01. The standard InChI is InChI=1S/C11H17N/c1-4-5-6-12-7-9-10(8-12)11(9,2)3/h1,9-10H,5-8H2,2-3H3. The Labute approximate surface area is 75.1 Å². The minimum atomic E-state index is 0.645. The van der Waals surface area contributed by atoms with E-state index in [1.54, 1.807) is 0 Å². The molecule has 0 radical (unpaired) electrons. The van der Waals surface area contributed by atoms with E-state index in [0.29, 0.717) is 5.41 Å². The van der Waals surface area contributed by atoms with Crippen LogP contribution in [0.5, 0.6) is 0 Å². The minimum absolute atomic E-state index is 0.645. The van der Waals surface area contributed by atoms with Crippen molar-refractivity contribution < 1.29 is 0 Å². The van der Waals surface area contributed by atoms with Gasteiger partial charge in [0.05, 0.1) is 0 Å². The first-order valence-electron chi connectivity index (χ1n) is 4.82. The van der Waals surface area contributed by atoms with Gasteiger partial charge in [0.15, 0.2) is 0 Å². The van der Waals surface area contributed by atoms with Crippen LogP contribution in [-0.4, -0.2) is 24.5 Å². The highest BCUT2D eigenvalue weighted by molar-refractivity contribution is 5.11. The zero-order chi connectivity index (χ0) is 8.77. The molecule has 1 aliphatic heterocycles. The molecule has 1 saturated carbocycles. The molecule has 1 nitrogen and oxygen atoms in total. The third-order valence-corrected chi connectivity index (χ3v) is 3.77. The molecule has 0 spiro atoms. The molecular formula is C11H17N. The number of rotatable bonds is 2. The Kier molecular flexibility index (Phi) is 1.70. The van der Waals surface area contributed by atoms with Crippen molar-refractivity contribution >= 4 is 0 Å². The van der Waals surface area contributed by atoms with E-state index in [1.807, 2.05) is 0 Å². The summed E-state index contributed by atoms with van der Waals surface area (Å²) in [5, 5.41) is 0. The highest BCUT2D eigenvalue weighted by atomic mass is 15.2. The van der Waals surface area contributed by atoms with Gasteiger partial charge < -0.3 is 4.90 Å². The molecule has 2 rings (SSSR count). The lowest BCUT2D eigenvalue weighted by atomic mass is 10.1. The Hall–Kier alpha value is -0.480. The summed E-state index contributed by atoms with van der Waals surface area (Å²) >= 11 is 0. The molecule has 2 atom stereocenters. The average Bonchev–Trinajstić information content (AvgIpc) is 2.51. The fraction of sp³-hybridized carbons (Fsp3) is 0.818. The maximum atomic E-state index is 5.23. The third kappa shape index (κ3) is 1.06. The molecule has 66 valence electrons. The lowest BCUT2D eigenvalue weighted by Gasteiger charge is -2.20. The van der Waals surface area contributed by atoms with Crippen LogP contribution in [0.2, 0.25) is 0 Å². The molecule has 0 N–H and O–H groups in total. The Bertz CT molecular complexity index is 210. The quantitative estimate of drug-likeness (QED) is 0.559. The molecule has 1 heteroatoms. The van der Waals surface area contributed by atoms with Crippen LogP contribution in [0.3, 0.4) is 0 Å². The van der Waals surface area contributed by atoms with Crippen molar-refractivity contribution in [2.24, 2.45) is 17.3 Å². The second-order valence-electron chi connectivity index (χ2n) is 4.75. The average molecular weight is 163 g/mol. The van der Waals surface area contributed by atoms with Crippen molar-refractivity contribution in [1.82, 2.24) is 4.90 Å². The van der Waals surface area contributed by atoms with Crippen LogP contribution in [0.15, 0.2) is 0 Å². The van der Waals surface area contributed by atoms with Crippen LogP contribution >= 0.6 is 0 Å². The lowest BCUT2D eigenvalue weighted by Crippen LogP contribution is -2.27. The molecular weight excluding hydrogens is 146 g/mol. The maximum Gasteiger partial charge on any atom is 0.0214 e. The van der Waals surface area contributed by atoms with Crippen molar-refractivity contribution in [3.05, 3.63) is 0 Å². The summed E-state index contributed by atoms with van der Waals surface area (Å²) in [6.07, 6.45) is 6.15. The number of likely N-dealkylation sites (tertiary alicyclic amines) is 1. The topological polar surface area (TPSA) is 3.24 Å². The van der Waals surface area contributed by atoms with Gasteiger partial charge in [0.25, 0.3) is 0 Å². The first-order chi connectivity index (χ1) is 5.66. The van der Waals surface area contributed by atoms with Gasteiger partial charge in [0, 0.05) is 26.1 Å². The summed E-state index contributed by atoms with van der Waals surface area (Å²) in [5.74, 6) is 4.64. The van der Waals surface area contributed by atoms with Gasteiger partial charge in [-0.25, -0.2) is 0 Å². The molecule has 1 heterocycles. The molecule has 2 aliphatic rings.